The maximum absolute atomic E-state index is 11.6. The number of thioether (sulfide) groups is 1. The minimum atomic E-state index is -0.879. The van der Waals surface area contributed by atoms with Gasteiger partial charge in [-0.25, -0.2) is 4.79 Å². The number of aromatic carboxylic acids is 1. The van der Waals surface area contributed by atoms with Gasteiger partial charge in [0.05, 0.1) is 17.4 Å². The van der Waals surface area contributed by atoms with Gasteiger partial charge in [0.2, 0.25) is 5.91 Å². The predicted molar refractivity (Wildman–Crippen MR) is 131 cm³/mol. The van der Waals surface area contributed by atoms with Crippen LogP contribution in [0.1, 0.15) is 34.1 Å². The van der Waals surface area contributed by atoms with Crippen molar-refractivity contribution in [3.05, 3.63) is 95.3 Å². The number of ether oxygens (including phenoxy) is 1. The molecule has 0 aliphatic carbocycles. The molecule has 0 saturated carbocycles. The molecule has 2 heterocycles. The van der Waals surface area contributed by atoms with Crippen molar-refractivity contribution in [2.24, 2.45) is 0 Å². The van der Waals surface area contributed by atoms with Gasteiger partial charge in [-0.15, -0.1) is 0 Å². The average Bonchev–Trinajstić information content (AvgIpc) is 3.17. The SMILES string of the molecule is CCc1ccc(CCOc2ccc(CC3SC(=O)NC3=O)cc2)nc1.O=C(O)c1ccccc1. The number of carbonyl (C=O) groups excluding carboxylic acids is 2. The molecule has 2 amide bonds. The van der Waals surface area contributed by atoms with Crippen LogP contribution in [-0.2, 0) is 24.1 Å². The predicted octanol–water partition coefficient (Wildman–Crippen LogP) is 4.54. The first-order valence-corrected chi connectivity index (χ1v) is 11.8. The quantitative estimate of drug-likeness (QED) is 0.489. The van der Waals surface area contributed by atoms with E-state index in [9.17, 15) is 14.4 Å². The summed E-state index contributed by atoms with van der Waals surface area (Å²) in [5.74, 6) is -0.305. The van der Waals surface area contributed by atoms with Gasteiger partial charge in [-0.2, -0.15) is 0 Å². The first-order valence-electron chi connectivity index (χ1n) is 10.9. The summed E-state index contributed by atoms with van der Waals surface area (Å²) in [6.45, 7) is 2.67. The van der Waals surface area contributed by atoms with Crippen LogP contribution in [0, 0.1) is 0 Å². The lowest BCUT2D eigenvalue weighted by Crippen LogP contribution is -2.25. The number of carboxylic acids is 1. The van der Waals surface area contributed by atoms with Crippen LogP contribution in [0.2, 0.25) is 0 Å². The molecule has 1 aliphatic rings. The second-order valence-electron chi connectivity index (χ2n) is 7.51. The van der Waals surface area contributed by atoms with Gasteiger partial charge in [0.15, 0.2) is 0 Å². The van der Waals surface area contributed by atoms with E-state index in [1.807, 2.05) is 36.5 Å². The smallest absolute Gasteiger partial charge is 0.335 e. The number of hydrogen-bond donors (Lipinski definition) is 2. The average molecular weight is 479 g/mol. The molecule has 1 fully saturated rings. The molecule has 1 unspecified atom stereocenters. The monoisotopic (exact) mass is 478 g/mol. The largest absolute Gasteiger partial charge is 0.493 e. The van der Waals surface area contributed by atoms with Gasteiger partial charge in [0, 0.05) is 18.3 Å². The Morgan fingerprint density at radius 1 is 1.03 bits per heavy atom. The summed E-state index contributed by atoms with van der Waals surface area (Å²) in [7, 11) is 0. The maximum Gasteiger partial charge on any atom is 0.335 e. The number of nitrogens with one attached hydrogen (secondary N) is 1. The zero-order chi connectivity index (χ0) is 24.3. The van der Waals surface area contributed by atoms with E-state index in [-0.39, 0.29) is 16.4 Å². The van der Waals surface area contributed by atoms with Gasteiger partial charge in [-0.3, -0.25) is 19.9 Å². The highest BCUT2D eigenvalue weighted by molar-refractivity contribution is 8.15. The first kappa shape index (κ1) is 25.0. The summed E-state index contributed by atoms with van der Waals surface area (Å²) in [6.07, 6.45) is 4.19. The number of carboxylic acid groups (broad SMARTS) is 1. The van der Waals surface area contributed by atoms with Crippen molar-refractivity contribution in [3.8, 4) is 5.75 Å². The zero-order valence-electron chi connectivity index (χ0n) is 18.8. The van der Waals surface area contributed by atoms with E-state index in [1.165, 1.54) is 5.56 Å². The van der Waals surface area contributed by atoms with Crippen molar-refractivity contribution in [2.45, 2.75) is 31.4 Å². The van der Waals surface area contributed by atoms with Crippen molar-refractivity contribution in [1.29, 1.82) is 0 Å². The summed E-state index contributed by atoms with van der Waals surface area (Å²) in [6, 6.07) is 20.1. The second-order valence-corrected chi connectivity index (χ2v) is 8.69. The third kappa shape index (κ3) is 7.74. The molecule has 3 aromatic rings. The molecular weight excluding hydrogens is 452 g/mol. The lowest BCUT2D eigenvalue weighted by molar-refractivity contribution is -0.118. The molecule has 1 aromatic heterocycles. The van der Waals surface area contributed by atoms with Crippen LogP contribution < -0.4 is 10.1 Å². The molecule has 7 nitrogen and oxygen atoms in total. The van der Waals surface area contributed by atoms with E-state index >= 15 is 0 Å². The Kier molecular flexibility index (Phi) is 9.22. The van der Waals surface area contributed by atoms with Crippen LogP contribution in [0.15, 0.2) is 72.9 Å². The molecule has 0 radical (unpaired) electrons. The van der Waals surface area contributed by atoms with Gasteiger partial charge < -0.3 is 9.84 Å². The van der Waals surface area contributed by atoms with E-state index in [4.69, 9.17) is 9.84 Å². The van der Waals surface area contributed by atoms with Crippen LogP contribution in [0.3, 0.4) is 0 Å². The van der Waals surface area contributed by atoms with E-state index in [0.29, 0.717) is 18.6 Å². The number of rotatable bonds is 8. The van der Waals surface area contributed by atoms with E-state index in [2.05, 4.69) is 23.3 Å². The summed E-state index contributed by atoms with van der Waals surface area (Å²) >= 11 is 1.05. The minimum Gasteiger partial charge on any atom is -0.493 e. The Morgan fingerprint density at radius 2 is 1.74 bits per heavy atom. The normalized spacial score (nSPS) is 14.7. The van der Waals surface area contributed by atoms with Gasteiger partial charge in [0.1, 0.15) is 5.75 Å². The molecule has 1 atom stereocenters. The standard InChI is InChI=1S/C19H20N2O3S.C7H6O2/c1-2-13-3-6-15(20-12-13)9-10-24-16-7-4-14(5-8-16)11-17-18(22)21-19(23)25-17;8-7(9)6-4-2-1-3-5-6/h3-8,12,17H,2,9-11H2,1H3,(H,21,22,23);1-5H,(H,8,9). The molecule has 1 aliphatic heterocycles. The maximum atomic E-state index is 11.6. The van der Waals surface area contributed by atoms with Crippen molar-refractivity contribution < 1.29 is 24.2 Å². The second kappa shape index (κ2) is 12.6. The van der Waals surface area contributed by atoms with Crippen molar-refractivity contribution in [1.82, 2.24) is 10.3 Å². The van der Waals surface area contributed by atoms with Crippen molar-refractivity contribution in [3.63, 3.8) is 0 Å². The summed E-state index contributed by atoms with van der Waals surface area (Å²) in [4.78, 5) is 37.4. The van der Waals surface area contributed by atoms with Gasteiger partial charge in [-0.1, -0.05) is 55.1 Å². The third-order valence-corrected chi connectivity index (χ3v) is 6.03. The number of nitrogens with zero attached hydrogens (tertiary/aromatic N) is 1. The summed E-state index contributed by atoms with van der Waals surface area (Å²) in [5.41, 5.74) is 3.59. The Balaban J connectivity index is 0.000000302. The fourth-order valence-corrected chi connectivity index (χ4v) is 3.99. The lowest BCUT2D eigenvalue weighted by atomic mass is 10.1. The number of hydrogen-bond acceptors (Lipinski definition) is 6. The van der Waals surface area contributed by atoms with Crippen LogP contribution in [0.5, 0.6) is 5.75 Å². The van der Waals surface area contributed by atoms with Crippen molar-refractivity contribution in [2.75, 3.05) is 6.61 Å². The van der Waals surface area contributed by atoms with Crippen molar-refractivity contribution >= 4 is 28.9 Å². The number of imide groups is 1. The number of benzene rings is 2. The van der Waals surface area contributed by atoms with E-state index < -0.39 is 5.97 Å². The lowest BCUT2D eigenvalue weighted by Gasteiger charge is -2.09. The van der Waals surface area contributed by atoms with E-state index in [1.54, 1.807) is 30.3 Å². The van der Waals surface area contributed by atoms with Crippen LogP contribution in [0.25, 0.3) is 0 Å². The molecule has 34 heavy (non-hydrogen) atoms. The number of amides is 2. The number of aromatic nitrogens is 1. The molecular formula is C26H26N2O5S. The third-order valence-electron chi connectivity index (χ3n) is 5.05. The van der Waals surface area contributed by atoms with E-state index in [0.717, 1.165) is 41.6 Å². The highest BCUT2D eigenvalue weighted by atomic mass is 32.2. The molecule has 2 N–H and O–H groups in total. The molecule has 0 spiro atoms. The van der Waals surface area contributed by atoms with Gasteiger partial charge in [0.25, 0.3) is 5.24 Å². The number of carbonyl (C=O) groups is 3. The zero-order valence-corrected chi connectivity index (χ0v) is 19.6. The summed E-state index contributed by atoms with van der Waals surface area (Å²) in [5, 5.41) is 10.1. The molecule has 4 rings (SSSR count). The number of aryl methyl sites for hydroxylation is 1. The fraction of sp³-hybridized carbons (Fsp3) is 0.231. The van der Waals surface area contributed by atoms with Crippen LogP contribution >= 0.6 is 11.8 Å². The summed E-state index contributed by atoms with van der Waals surface area (Å²) < 4.78 is 5.75. The van der Waals surface area contributed by atoms with Crippen LogP contribution in [-0.4, -0.2) is 39.1 Å². The topological polar surface area (TPSA) is 106 Å². The highest BCUT2D eigenvalue weighted by Gasteiger charge is 2.31. The Hall–Kier alpha value is -3.65. The Morgan fingerprint density at radius 3 is 2.26 bits per heavy atom. The number of pyridine rings is 1. The highest BCUT2D eigenvalue weighted by Crippen LogP contribution is 2.23. The van der Waals surface area contributed by atoms with Gasteiger partial charge >= 0.3 is 5.97 Å². The minimum absolute atomic E-state index is 0.211. The van der Waals surface area contributed by atoms with Crippen LogP contribution in [0.4, 0.5) is 4.79 Å². The molecule has 176 valence electrons. The molecule has 0 bridgehead atoms. The Labute approximate surface area is 202 Å². The Bertz CT molecular complexity index is 1100. The molecule has 1 saturated heterocycles. The van der Waals surface area contributed by atoms with Gasteiger partial charge in [-0.05, 0) is 54.3 Å². The molecule has 2 aromatic carbocycles. The molecule has 8 heteroatoms. The first-order chi connectivity index (χ1) is 16.4. The fourth-order valence-electron chi connectivity index (χ4n) is 3.13.